The molecule has 1 atom stereocenters. The molecule has 84 valence electrons. The van der Waals surface area contributed by atoms with Crippen molar-refractivity contribution in [2.24, 2.45) is 0 Å². The number of aromatic amines is 1. The molecule has 2 N–H and O–H groups in total. The Labute approximate surface area is 92.5 Å². The maximum atomic E-state index is 11.5. The lowest BCUT2D eigenvalue weighted by atomic mass is 10.1. The van der Waals surface area contributed by atoms with Gasteiger partial charge in [-0.25, -0.2) is 9.50 Å². The molecule has 0 spiro atoms. The fourth-order valence-electron chi connectivity index (χ4n) is 2.23. The van der Waals surface area contributed by atoms with E-state index in [1.54, 1.807) is 6.07 Å². The molecule has 1 unspecified atom stereocenters. The summed E-state index contributed by atoms with van der Waals surface area (Å²) in [4.78, 5) is 15.9. The van der Waals surface area contributed by atoms with Crippen LogP contribution >= 0.6 is 0 Å². The number of rotatable bonds is 2. The van der Waals surface area contributed by atoms with Gasteiger partial charge in [-0.3, -0.25) is 9.89 Å². The number of fused-ring (bicyclic) bond motifs is 1. The van der Waals surface area contributed by atoms with Gasteiger partial charge < -0.3 is 5.32 Å². The summed E-state index contributed by atoms with van der Waals surface area (Å²) in [5.41, 5.74) is 0.635. The molecule has 5 nitrogen and oxygen atoms in total. The first-order valence-corrected chi connectivity index (χ1v) is 5.63. The summed E-state index contributed by atoms with van der Waals surface area (Å²) in [7, 11) is 0. The van der Waals surface area contributed by atoms with E-state index in [4.69, 9.17) is 0 Å². The van der Waals surface area contributed by atoms with Gasteiger partial charge in [0, 0.05) is 18.5 Å². The van der Waals surface area contributed by atoms with E-state index >= 15 is 0 Å². The highest BCUT2D eigenvalue weighted by molar-refractivity contribution is 5.36. The fraction of sp³-hybridized carbons (Fsp3) is 0.455. The zero-order chi connectivity index (χ0) is 11.0. The lowest BCUT2D eigenvalue weighted by Gasteiger charge is -2.05. The molecular weight excluding hydrogens is 204 g/mol. The first-order chi connectivity index (χ1) is 7.83. The zero-order valence-corrected chi connectivity index (χ0v) is 8.94. The summed E-state index contributed by atoms with van der Waals surface area (Å²) in [6, 6.07) is 5.60. The third kappa shape index (κ3) is 1.63. The van der Waals surface area contributed by atoms with Gasteiger partial charge >= 0.3 is 0 Å². The van der Waals surface area contributed by atoms with Crippen LogP contribution in [0.2, 0.25) is 0 Å². The Morgan fingerprint density at radius 3 is 3.19 bits per heavy atom. The summed E-state index contributed by atoms with van der Waals surface area (Å²) in [6.45, 7) is 1.09. The minimum atomic E-state index is -0.0596. The SMILES string of the molecule is O=c1cccc2nc(CC3CCCN3)[nH]n12. The van der Waals surface area contributed by atoms with E-state index in [0.717, 1.165) is 18.8 Å². The van der Waals surface area contributed by atoms with Crippen LogP contribution in [0.5, 0.6) is 0 Å². The molecule has 16 heavy (non-hydrogen) atoms. The van der Waals surface area contributed by atoms with E-state index in [-0.39, 0.29) is 5.56 Å². The van der Waals surface area contributed by atoms with Crippen LogP contribution in [0.15, 0.2) is 23.0 Å². The highest BCUT2D eigenvalue weighted by atomic mass is 16.1. The standard InChI is InChI=1S/C11H14N4O/c16-11-5-1-4-10-13-9(14-15(10)11)7-8-3-2-6-12-8/h1,4-5,8,12H,2-3,6-7H2,(H,13,14). The van der Waals surface area contributed by atoms with Crippen LogP contribution in [-0.2, 0) is 6.42 Å². The van der Waals surface area contributed by atoms with Crippen LogP contribution in [0.4, 0.5) is 0 Å². The number of nitrogens with zero attached hydrogens (tertiary/aromatic N) is 2. The van der Waals surface area contributed by atoms with Gasteiger partial charge in [-0.05, 0) is 25.5 Å². The lowest BCUT2D eigenvalue weighted by Crippen LogP contribution is -2.24. The monoisotopic (exact) mass is 218 g/mol. The Hall–Kier alpha value is -1.62. The minimum absolute atomic E-state index is 0.0596. The van der Waals surface area contributed by atoms with Crippen LogP contribution in [0.25, 0.3) is 5.65 Å². The smallest absolute Gasteiger partial charge is 0.271 e. The Balaban J connectivity index is 1.93. The minimum Gasteiger partial charge on any atom is -0.314 e. The van der Waals surface area contributed by atoms with Crippen molar-refractivity contribution < 1.29 is 0 Å². The Morgan fingerprint density at radius 1 is 1.50 bits per heavy atom. The molecule has 0 aromatic carbocycles. The molecule has 5 heteroatoms. The van der Waals surface area contributed by atoms with Gasteiger partial charge in [-0.15, -0.1) is 0 Å². The highest BCUT2D eigenvalue weighted by Gasteiger charge is 2.16. The van der Waals surface area contributed by atoms with Crippen molar-refractivity contribution in [2.45, 2.75) is 25.3 Å². The summed E-state index contributed by atoms with van der Waals surface area (Å²) in [5.74, 6) is 0.878. The van der Waals surface area contributed by atoms with Crippen molar-refractivity contribution in [2.75, 3.05) is 6.54 Å². The number of H-pyrrole nitrogens is 1. The van der Waals surface area contributed by atoms with E-state index in [9.17, 15) is 4.79 Å². The van der Waals surface area contributed by atoms with Gasteiger partial charge in [0.2, 0.25) is 0 Å². The number of nitrogens with one attached hydrogen (secondary N) is 2. The number of hydrogen-bond donors (Lipinski definition) is 2. The van der Waals surface area contributed by atoms with Crippen LogP contribution in [0.3, 0.4) is 0 Å². The summed E-state index contributed by atoms with van der Waals surface area (Å²) < 4.78 is 1.49. The van der Waals surface area contributed by atoms with E-state index in [0.29, 0.717) is 11.7 Å². The second-order valence-electron chi connectivity index (χ2n) is 4.23. The molecule has 1 saturated heterocycles. The predicted molar refractivity (Wildman–Crippen MR) is 60.5 cm³/mol. The van der Waals surface area contributed by atoms with Gasteiger partial charge in [-0.2, -0.15) is 0 Å². The molecule has 1 aliphatic heterocycles. The van der Waals surface area contributed by atoms with E-state index in [2.05, 4.69) is 15.4 Å². The predicted octanol–water partition coefficient (Wildman–Crippen LogP) is 0.317. The topological polar surface area (TPSA) is 62.2 Å². The molecule has 1 aliphatic rings. The largest absolute Gasteiger partial charge is 0.314 e. The number of pyridine rings is 1. The Bertz CT molecular complexity index is 550. The summed E-state index contributed by atoms with van der Waals surface area (Å²) in [6.07, 6.45) is 3.28. The van der Waals surface area contributed by atoms with Crippen molar-refractivity contribution in [3.05, 3.63) is 34.4 Å². The first kappa shape index (κ1) is 9.59. The van der Waals surface area contributed by atoms with Crippen molar-refractivity contribution in [3.63, 3.8) is 0 Å². The molecule has 3 rings (SSSR count). The zero-order valence-electron chi connectivity index (χ0n) is 8.94. The van der Waals surface area contributed by atoms with Gasteiger partial charge in [0.15, 0.2) is 5.65 Å². The van der Waals surface area contributed by atoms with Crippen LogP contribution in [0.1, 0.15) is 18.7 Å². The maximum absolute atomic E-state index is 11.5. The van der Waals surface area contributed by atoms with E-state index in [1.165, 1.54) is 23.4 Å². The number of hydrogen-bond acceptors (Lipinski definition) is 3. The van der Waals surface area contributed by atoms with Crippen molar-refractivity contribution in [3.8, 4) is 0 Å². The van der Waals surface area contributed by atoms with Crippen LogP contribution < -0.4 is 10.9 Å². The van der Waals surface area contributed by atoms with E-state index in [1.807, 2.05) is 6.07 Å². The highest BCUT2D eigenvalue weighted by Crippen LogP contribution is 2.09. The quantitative estimate of drug-likeness (QED) is 0.763. The molecule has 3 heterocycles. The Morgan fingerprint density at radius 2 is 2.44 bits per heavy atom. The molecule has 2 aromatic rings. The number of aromatic nitrogens is 3. The third-order valence-electron chi connectivity index (χ3n) is 3.03. The normalized spacial score (nSPS) is 20.6. The average Bonchev–Trinajstić information content (AvgIpc) is 2.88. The summed E-state index contributed by atoms with van der Waals surface area (Å²) in [5, 5.41) is 6.46. The van der Waals surface area contributed by atoms with Gasteiger partial charge in [0.1, 0.15) is 5.82 Å². The molecular formula is C11H14N4O. The third-order valence-corrected chi connectivity index (χ3v) is 3.03. The summed E-state index contributed by atoms with van der Waals surface area (Å²) >= 11 is 0. The van der Waals surface area contributed by atoms with Crippen molar-refractivity contribution in [1.82, 2.24) is 19.9 Å². The first-order valence-electron chi connectivity index (χ1n) is 5.63. The molecule has 0 bridgehead atoms. The second kappa shape index (κ2) is 3.75. The molecule has 0 radical (unpaired) electrons. The second-order valence-corrected chi connectivity index (χ2v) is 4.23. The van der Waals surface area contributed by atoms with Crippen LogP contribution in [-0.4, -0.2) is 27.2 Å². The van der Waals surface area contributed by atoms with Gasteiger partial charge in [-0.1, -0.05) is 6.07 Å². The molecule has 0 saturated carbocycles. The maximum Gasteiger partial charge on any atom is 0.271 e. The average molecular weight is 218 g/mol. The molecule has 0 amide bonds. The van der Waals surface area contributed by atoms with E-state index < -0.39 is 0 Å². The van der Waals surface area contributed by atoms with Crippen molar-refractivity contribution in [1.29, 1.82) is 0 Å². The molecule has 0 aliphatic carbocycles. The van der Waals surface area contributed by atoms with Gasteiger partial charge in [0.05, 0.1) is 0 Å². The Kier molecular flexibility index (Phi) is 2.25. The van der Waals surface area contributed by atoms with Gasteiger partial charge in [0.25, 0.3) is 5.56 Å². The lowest BCUT2D eigenvalue weighted by molar-refractivity contribution is 0.584. The van der Waals surface area contributed by atoms with Crippen LogP contribution in [0, 0.1) is 0 Å². The fourth-order valence-corrected chi connectivity index (χ4v) is 2.23. The van der Waals surface area contributed by atoms with Crippen molar-refractivity contribution >= 4 is 5.65 Å². The molecule has 2 aromatic heterocycles. The molecule has 1 fully saturated rings.